The Morgan fingerprint density at radius 2 is 1.95 bits per heavy atom. The van der Waals surface area contributed by atoms with Crippen molar-refractivity contribution in [3.05, 3.63) is 35.1 Å². The van der Waals surface area contributed by atoms with Crippen LogP contribution in [0.1, 0.15) is 50.3 Å². The van der Waals surface area contributed by atoms with E-state index in [9.17, 15) is 19.1 Å². The average Bonchev–Trinajstić information content (AvgIpc) is 2.71. The van der Waals surface area contributed by atoms with Gasteiger partial charge < -0.3 is 5.11 Å². The van der Waals surface area contributed by atoms with Crippen LogP contribution in [0.5, 0.6) is 0 Å². The van der Waals surface area contributed by atoms with Gasteiger partial charge in [-0.05, 0) is 43.0 Å². The molecule has 1 aliphatic heterocycles. The van der Waals surface area contributed by atoms with Crippen molar-refractivity contribution in [2.24, 2.45) is 5.41 Å². The Kier molecular flexibility index (Phi) is 4.66. The second-order valence-corrected chi connectivity index (χ2v) is 5.99. The molecule has 1 saturated heterocycles. The molecule has 1 atom stereocenters. The summed E-state index contributed by atoms with van der Waals surface area (Å²) in [6.45, 7) is 5.42. The second kappa shape index (κ2) is 6.16. The van der Waals surface area contributed by atoms with E-state index in [0.717, 1.165) is 4.90 Å². The summed E-state index contributed by atoms with van der Waals surface area (Å²) in [7, 11) is 0. The number of benzene rings is 1. The first kappa shape index (κ1) is 16.6. The Labute approximate surface area is 129 Å². The molecule has 0 bridgehead atoms. The van der Waals surface area contributed by atoms with Crippen LogP contribution in [0.4, 0.5) is 4.39 Å². The van der Waals surface area contributed by atoms with Crippen LogP contribution >= 0.6 is 0 Å². The zero-order chi connectivity index (χ0) is 16.5. The highest BCUT2D eigenvalue weighted by molar-refractivity contribution is 6.05. The normalized spacial score (nSPS) is 18.9. The molecular weight excluding hydrogens is 285 g/mol. The Bertz CT molecular complexity index is 596. The molecule has 1 N–H and O–H groups in total. The first-order valence-electron chi connectivity index (χ1n) is 7.63. The predicted octanol–water partition coefficient (Wildman–Crippen LogP) is 2.73. The lowest BCUT2D eigenvalue weighted by Gasteiger charge is -2.25. The standard InChI is InChI=1S/C17H22FNO3/c1-4-17(5-2)9-15(21)19(16(17)22)10-14(20)13-7-6-12(18)8-11(13)3/h6-8,14,20H,4-5,9-10H2,1-3H3. The molecule has 120 valence electrons. The van der Waals surface area contributed by atoms with E-state index in [1.807, 2.05) is 13.8 Å². The summed E-state index contributed by atoms with van der Waals surface area (Å²) >= 11 is 0. The van der Waals surface area contributed by atoms with Gasteiger partial charge >= 0.3 is 0 Å². The molecule has 1 aliphatic rings. The van der Waals surface area contributed by atoms with Crippen molar-refractivity contribution in [3.8, 4) is 0 Å². The SMILES string of the molecule is CCC1(CC)CC(=O)N(CC(O)c2ccc(F)cc2C)C1=O. The maximum absolute atomic E-state index is 13.1. The van der Waals surface area contributed by atoms with Crippen molar-refractivity contribution < 1.29 is 19.1 Å². The minimum absolute atomic E-state index is 0.0775. The molecule has 0 aromatic heterocycles. The Morgan fingerprint density at radius 3 is 2.45 bits per heavy atom. The van der Waals surface area contributed by atoms with Crippen LogP contribution in [0.3, 0.4) is 0 Å². The lowest BCUT2D eigenvalue weighted by molar-refractivity contribution is -0.143. The number of aliphatic hydroxyl groups is 1. The summed E-state index contributed by atoms with van der Waals surface area (Å²) < 4.78 is 13.1. The molecule has 1 unspecified atom stereocenters. The summed E-state index contributed by atoms with van der Waals surface area (Å²) in [5.74, 6) is -0.827. The number of nitrogens with zero attached hydrogens (tertiary/aromatic N) is 1. The van der Waals surface area contributed by atoms with E-state index < -0.39 is 11.5 Å². The molecule has 1 fully saturated rings. The molecule has 2 amide bonds. The lowest BCUT2D eigenvalue weighted by atomic mass is 9.81. The first-order valence-corrected chi connectivity index (χ1v) is 7.63. The quantitative estimate of drug-likeness (QED) is 0.851. The molecule has 1 aromatic carbocycles. The molecule has 22 heavy (non-hydrogen) atoms. The molecule has 4 nitrogen and oxygen atoms in total. The van der Waals surface area contributed by atoms with E-state index >= 15 is 0 Å². The van der Waals surface area contributed by atoms with Crippen LogP contribution < -0.4 is 0 Å². The predicted molar refractivity (Wildman–Crippen MR) is 80.4 cm³/mol. The molecule has 0 spiro atoms. The highest BCUT2D eigenvalue weighted by Crippen LogP contribution is 2.39. The van der Waals surface area contributed by atoms with E-state index in [-0.39, 0.29) is 30.6 Å². The van der Waals surface area contributed by atoms with Crippen molar-refractivity contribution in [2.45, 2.75) is 46.1 Å². The number of aryl methyl sites for hydroxylation is 1. The van der Waals surface area contributed by atoms with E-state index in [2.05, 4.69) is 0 Å². The zero-order valence-electron chi connectivity index (χ0n) is 13.2. The molecule has 1 heterocycles. The molecule has 0 radical (unpaired) electrons. The number of imide groups is 1. The highest BCUT2D eigenvalue weighted by atomic mass is 19.1. The number of carbonyl (C=O) groups is 2. The molecule has 0 aliphatic carbocycles. The zero-order valence-corrected chi connectivity index (χ0v) is 13.2. The minimum atomic E-state index is -1.00. The van der Waals surface area contributed by atoms with E-state index in [1.54, 1.807) is 6.92 Å². The van der Waals surface area contributed by atoms with Gasteiger partial charge in [-0.3, -0.25) is 14.5 Å². The van der Waals surface area contributed by atoms with Crippen molar-refractivity contribution in [1.82, 2.24) is 4.90 Å². The van der Waals surface area contributed by atoms with Gasteiger partial charge in [0.15, 0.2) is 0 Å². The van der Waals surface area contributed by atoms with Gasteiger partial charge in [-0.15, -0.1) is 0 Å². The third-order valence-corrected chi connectivity index (χ3v) is 4.79. The van der Waals surface area contributed by atoms with E-state index in [4.69, 9.17) is 0 Å². The van der Waals surface area contributed by atoms with Crippen molar-refractivity contribution in [2.75, 3.05) is 6.54 Å². The van der Waals surface area contributed by atoms with Crippen LogP contribution in [0.2, 0.25) is 0 Å². The molecule has 2 rings (SSSR count). The molecule has 0 saturated carbocycles. The number of β-amino-alcohol motifs (C(OH)–C–C–N with tert-alkyl or cyclic N) is 1. The topological polar surface area (TPSA) is 57.6 Å². The van der Waals surface area contributed by atoms with Gasteiger partial charge in [-0.1, -0.05) is 19.9 Å². The molecule has 1 aromatic rings. The van der Waals surface area contributed by atoms with Crippen molar-refractivity contribution in [3.63, 3.8) is 0 Å². The maximum Gasteiger partial charge on any atom is 0.235 e. The third-order valence-electron chi connectivity index (χ3n) is 4.79. The highest BCUT2D eigenvalue weighted by Gasteiger charge is 2.49. The van der Waals surface area contributed by atoms with Crippen molar-refractivity contribution in [1.29, 1.82) is 0 Å². The number of likely N-dealkylation sites (tertiary alicyclic amines) is 1. The van der Waals surface area contributed by atoms with Crippen molar-refractivity contribution >= 4 is 11.8 Å². The average molecular weight is 307 g/mol. The largest absolute Gasteiger partial charge is 0.387 e. The monoisotopic (exact) mass is 307 g/mol. The van der Waals surface area contributed by atoms with Gasteiger partial charge in [0.25, 0.3) is 0 Å². The number of aliphatic hydroxyl groups excluding tert-OH is 1. The Balaban J connectivity index is 2.20. The Morgan fingerprint density at radius 1 is 1.32 bits per heavy atom. The number of halogens is 1. The van der Waals surface area contributed by atoms with Crippen LogP contribution in [0.15, 0.2) is 18.2 Å². The first-order chi connectivity index (χ1) is 10.3. The van der Waals surface area contributed by atoms with Gasteiger partial charge in [-0.2, -0.15) is 0 Å². The number of hydrogen-bond acceptors (Lipinski definition) is 3. The molecule has 5 heteroatoms. The van der Waals surface area contributed by atoms with Gasteiger partial charge in [0, 0.05) is 6.42 Å². The van der Waals surface area contributed by atoms with Gasteiger partial charge in [0.1, 0.15) is 5.82 Å². The van der Waals surface area contributed by atoms with Gasteiger partial charge in [0.2, 0.25) is 11.8 Å². The third kappa shape index (κ3) is 2.77. The Hall–Kier alpha value is -1.75. The number of rotatable bonds is 5. The van der Waals surface area contributed by atoms with Gasteiger partial charge in [-0.25, -0.2) is 4.39 Å². The maximum atomic E-state index is 13.1. The van der Waals surface area contributed by atoms with Crippen LogP contribution in [0, 0.1) is 18.2 Å². The fourth-order valence-corrected chi connectivity index (χ4v) is 3.13. The second-order valence-electron chi connectivity index (χ2n) is 5.99. The summed E-state index contributed by atoms with van der Waals surface area (Å²) in [4.78, 5) is 25.9. The van der Waals surface area contributed by atoms with Crippen LogP contribution in [-0.2, 0) is 9.59 Å². The number of hydrogen-bond donors (Lipinski definition) is 1. The summed E-state index contributed by atoms with van der Waals surface area (Å²) in [6.07, 6.45) is 0.415. The summed E-state index contributed by atoms with van der Waals surface area (Å²) in [5.41, 5.74) is 0.505. The smallest absolute Gasteiger partial charge is 0.235 e. The van der Waals surface area contributed by atoms with Crippen LogP contribution in [0.25, 0.3) is 0 Å². The molecular formula is C17H22FNO3. The number of carbonyl (C=O) groups excluding carboxylic acids is 2. The summed E-state index contributed by atoms with van der Waals surface area (Å²) in [5, 5.41) is 10.3. The fraction of sp³-hybridized carbons (Fsp3) is 0.529. The summed E-state index contributed by atoms with van der Waals surface area (Å²) in [6, 6.07) is 4.09. The van der Waals surface area contributed by atoms with E-state index in [1.165, 1.54) is 18.2 Å². The van der Waals surface area contributed by atoms with Crippen LogP contribution in [-0.4, -0.2) is 28.4 Å². The fourth-order valence-electron chi connectivity index (χ4n) is 3.13. The minimum Gasteiger partial charge on any atom is -0.387 e. The lowest BCUT2D eigenvalue weighted by Crippen LogP contribution is -2.38. The van der Waals surface area contributed by atoms with Gasteiger partial charge in [0.05, 0.1) is 18.1 Å². The number of amides is 2. The van der Waals surface area contributed by atoms with E-state index in [0.29, 0.717) is 24.0 Å².